The molecular formula is C29H38N2O2S. The van der Waals surface area contributed by atoms with Gasteiger partial charge in [-0.3, -0.25) is 9.59 Å². The summed E-state index contributed by atoms with van der Waals surface area (Å²) in [5.41, 5.74) is 0.486. The Morgan fingerprint density at radius 1 is 0.912 bits per heavy atom. The van der Waals surface area contributed by atoms with E-state index in [9.17, 15) is 9.59 Å². The van der Waals surface area contributed by atoms with Gasteiger partial charge in [-0.15, -0.1) is 11.3 Å². The normalized spacial score (nSPS) is 27.6. The van der Waals surface area contributed by atoms with Crippen molar-refractivity contribution >= 4 is 23.2 Å². The molecular weight excluding hydrogens is 440 g/mol. The minimum atomic E-state index is -0.391. The molecule has 4 aliphatic carbocycles. The predicted octanol–water partition coefficient (Wildman–Crippen LogP) is 6.12. The number of benzene rings is 1. The number of carbonyl (C=O) groups is 2. The largest absolute Gasteiger partial charge is 0.332 e. The molecule has 0 saturated heterocycles. The number of thiophene rings is 1. The van der Waals surface area contributed by atoms with Gasteiger partial charge in [-0.05, 0) is 94.1 Å². The number of rotatable bonds is 7. The van der Waals surface area contributed by atoms with E-state index in [0.29, 0.717) is 30.8 Å². The van der Waals surface area contributed by atoms with Crippen LogP contribution in [0.25, 0.3) is 0 Å². The molecule has 2 amide bonds. The van der Waals surface area contributed by atoms with Gasteiger partial charge in [-0.1, -0.05) is 36.4 Å². The summed E-state index contributed by atoms with van der Waals surface area (Å²) in [5.74, 6) is 2.40. The standard InChI is InChI=1S/C29H38N2O2S/c1-28(2,3)31(27(33)29-15-22-12-23(16-29)14-24(13-22)17-29)20-26(32)30(19-25-10-7-11-34-25)18-21-8-5-4-6-9-21/h4-11,22-24H,12-20H2,1-3H3. The smallest absolute Gasteiger partial charge is 0.242 e. The Kier molecular flexibility index (Phi) is 6.34. The van der Waals surface area contributed by atoms with E-state index >= 15 is 0 Å². The number of carbonyl (C=O) groups excluding carboxylic acids is 2. The van der Waals surface area contributed by atoms with Gasteiger partial charge in [0, 0.05) is 17.0 Å². The number of hydrogen-bond acceptors (Lipinski definition) is 3. The summed E-state index contributed by atoms with van der Waals surface area (Å²) in [4.78, 5) is 33.0. The Morgan fingerprint density at radius 2 is 1.53 bits per heavy atom. The minimum absolute atomic E-state index is 0.0326. The van der Waals surface area contributed by atoms with Crippen LogP contribution in [0.15, 0.2) is 47.8 Å². The van der Waals surface area contributed by atoms with E-state index in [4.69, 9.17) is 0 Å². The Labute approximate surface area is 208 Å². The maximum atomic E-state index is 14.2. The Morgan fingerprint density at radius 3 is 2.06 bits per heavy atom. The molecule has 4 nitrogen and oxygen atoms in total. The van der Waals surface area contributed by atoms with E-state index in [2.05, 4.69) is 44.4 Å². The lowest BCUT2D eigenvalue weighted by atomic mass is 9.49. The van der Waals surface area contributed by atoms with Crippen molar-refractivity contribution in [2.45, 2.75) is 77.9 Å². The number of amides is 2. The Balaban J connectivity index is 1.37. The monoisotopic (exact) mass is 478 g/mol. The van der Waals surface area contributed by atoms with Crippen LogP contribution >= 0.6 is 11.3 Å². The highest BCUT2D eigenvalue weighted by atomic mass is 32.1. The lowest BCUT2D eigenvalue weighted by molar-refractivity contribution is -0.165. The molecule has 6 rings (SSSR count). The van der Waals surface area contributed by atoms with Gasteiger partial charge in [-0.25, -0.2) is 0 Å². The number of nitrogens with zero attached hydrogens (tertiary/aromatic N) is 2. The molecule has 1 aromatic carbocycles. The molecule has 0 atom stereocenters. The zero-order chi connectivity index (χ0) is 23.9. The molecule has 4 bridgehead atoms. The topological polar surface area (TPSA) is 40.6 Å². The van der Waals surface area contributed by atoms with E-state index in [1.165, 1.54) is 24.1 Å². The van der Waals surface area contributed by atoms with Gasteiger partial charge < -0.3 is 9.80 Å². The predicted molar refractivity (Wildman–Crippen MR) is 137 cm³/mol. The van der Waals surface area contributed by atoms with Gasteiger partial charge in [0.15, 0.2) is 0 Å². The molecule has 2 aromatic rings. The van der Waals surface area contributed by atoms with E-state index in [0.717, 1.165) is 24.8 Å². The van der Waals surface area contributed by atoms with Crippen LogP contribution in [0.3, 0.4) is 0 Å². The van der Waals surface area contributed by atoms with Crippen LogP contribution in [-0.2, 0) is 22.7 Å². The molecule has 4 saturated carbocycles. The Bertz CT molecular complexity index is 973. The molecule has 0 radical (unpaired) electrons. The molecule has 1 aromatic heterocycles. The first-order valence-corrected chi connectivity index (χ1v) is 13.8. The van der Waals surface area contributed by atoms with Crippen molar-refractivity contribution in [2.75, 3.05) is 6.54 Å². The second kappa shape index (κ2) is 9.14. The molecule has 5 heteroatoms. The molecule has 0 spiro atoms. The van der Waals surface area contributed by atoms with Crippen LogP contribution < -0.4 is 0 Å². The van der Waals surface area contributed by atoms with Crippen LogP contribution in [0.2, 0.25) is 0 Å². The number of hydrogen-bond donors (Lipinski definition) is 0. The summed E-state index contributed by atoms with van der Waals surface area (Å²) in [7, 11) is 0. The van der Waals surface area contributed by atoms with Crippen molar-refractivity contribution in [1.29, 1.82) is 0 Å². The molecule has 4 aliphatic rings. The summed E-state index contributed by atoms with van der Waals surface area (Å²) < 4.78 is 0. The fourth-order valence-electron chi connectivity index (χ4n) is 7.13. The third-order valence-corrected chi connectivity index (χ3v) is 9.20. The van der Waals surface area contributed by atoms with Crippen molar-refractivity contribution < 1.29 is 9.59 Å². The minimum Gasteiger partial charge on any atom is -0.332 e. The highest BCUT2D eigenvalue weighted by molar-refractivity contribution is 7.09. The zero-order valence-corrected chi connectivity index (χ0v) is 21.7. The average molecular weight is 479 g/mol. The van der Waals surface area contributed by atoms with Crippen LogP contribution in [0, 0.1) is 23.2 Å². The first-order valence-electron chi connectivity index (χ1n) is 12.9. The fraction of sp³-hybridized carbons (Fsp3) is 0.586. The second-order valence-corrected chi connectivity index (χ2v) is 13.1. The van der Waals surface area contributed by atoms with E-state index < -0.39 is 5.54 Å². The highest BCUT2D eigenvalue weighted by Crippen LogP contribution is 2.60. The van der Waals surface area contributed by atoms with Crippen molar-refractivity contribution in [3.63, 3.8) is 0 Å². The third-order valence-electron chi connectivity index (χ3n) is 8.34. The van der Waals surface area contributed by atoms with Gasteiger partial charge in [0.1, 0.15) is 6.54 Å². The first kappa shape index (κ1) is 23.6. The van der Waals surface area contributed by atoms with Crippen LogP contribution in [0.5, 0.6) is 0 Å². The molecule has 4 fully saturated rings. The summed E-state index contributed by atoms with van der Waals surface area (Å²) >= 11 is 1.67. The van der Waals surface area contributed by atoms with Crippen LogP contribution in [0.4, 0.5) is 0 Å². The molecule has 0 unspecified atom stereocenters. The van der Waals surface area contributed by atoms with Crippen LogP contribution in [0.1, 0.15) is 69.7 Å². The maximum Gasteiger partial charge on any atom is 0.242 e. The first-order chi connectivity index (χ1) is 16.2. The van der Waals surface area contributed by atoms with Gasteiger partial charge in [-0.2, -0.15) is 0 Å². The fourth-order valence-corrected chi connectivity index (χ4v) is 7.85. The second-order valence-electron chi connectivity index (χ2n) is 12.1. The van der Waals surface area contributed by atoms with Crippen molar-refractivity contribution in [2.24, 2.45) is 23.2 Å². The van der Waals surface area contributed by atoms with Gasteiger partial charge >= 0.3 is 0 Å². The van der Waals surface area contributed by atoms with Crippen LogP contribution in [-0.4, -0.2) is 33.7 Å². The molecule has 1 heterocycles. The lowest BCUT2D eigenvalue weighted by Gasteiger charge is -2.57. The van der Waals surface area contributed by atoms with Gasteiger partial charge in [0.05, 0.1) is 12.0 Å². The van der Waals surface area contributed by atoms with Gasteiger partial charge in [0.2, 0.25) is 11.8 Å². The molecule has 182 valence electrons. The quantitative estimate of drug-likeness (QED) is 0.481. The molecule has 34 heavy (non-hydrogen) atoms. The van der Waals surface area contributed by atoms with E-state index in [1.54, 1.807) is 11.3 Å². The SMILES string of the molecule is CC(C)(C)N(CC(=O)N(Cc1ccccc1)Cc1cccs1)C(=O)C12CC3CC(CC(C3)C1)C2. The zero-order valence-electron chi connectivity index (χ0n) is 20.8. The van der Waals surface area contributed by atoms with Crippen molar-refractivity contribution in [1.82, 2.24) is 9.80 Å². The van der Waals surface area contributed by atoms with Crippen molar-refractivity contribution in [3.8, 4) is 0 Å². The van der Waals surface area contributed by atoms with Crippen molar-refractivity contribution in [3.05, 3.63) is 58.3 Å². The summed E-state index contributed by atoms with van der Waals surface area (Å²) in [6, 6.07) is 14.3. The highest BCUT2D eigenvalue weighted by Gasteiger charge is 2.56. The summed E-state index contributed by atoms with van der Waals surface area (Å²) in [6.07, 6.45) is 7.02. The average Bonchev–Trinajstić information content (AvgIpc) is 3.28. The molecule has 0 aliphatic heterocycles. The van der Waals surface area contributed by atoms with Gasteiger partial charge in [0.25, 0.3) is 0 Å². The van der Waals surface area contributed by atoms with E-state index in [-0.39, 0.29) is 23.8 Å². The third kappa shape index (κ3) is 4.82. The Hall–Kier alpha value is -2.14. The van der Waals surface area contributed by atoms with E-state index in [1.807, 2.05) is 34.1 Å². The molecule has 0 N–H and O–H groups in total. The summed E-state index contributed by atoms with van der Waals surface area (Å²) in [6.45, 7) is 7.54. The lowest BCUT2D eigenvalue weighted by Crippen LogP contribution is -2.60. The summed E-state index contributed by atoms with van der Waals surface area (Å²) in [5, 5.41) is 2.05. The maximum absolute atomic E-state index is 14.2.